The van der Waals surface area contributed by atoms with E-state index >= 15 is 0 Å². The van der Waals surface area contributed by atoms with Gasteiger partial charge >= 0.3 is 0 Å². The van der Waals surface area contributed by atoms with E-state index in [1.807, 2.05) is 35.2 Å². The number of para-hydroxylation sites is 2. The third-order valence-electron chi connectivity index (χ3n) is 6.08. The van der Waals surface area contributed by atoms with Crippen LogP contribution in [-0.2, 0) is 4.74 Å². The molecular formula is C23H26N4O2. The van der Waals surface area contributed by atoms with Gasteiger partial charge in [-0.05, 0) is 49.7 Å². The molecular weight excluding hydrogens is 364 g/mol. The highest BCUT2D eigenvalue weighted by atomic mass is 16.5. The number of hydrogen-bond acceptors (Lipinski definition) is 4. The molecule has 3 aromatic rings. The zero-order chi connectivity index (χ0) is 19.8. The molecule has 0 aliphatic carbocycles. The molecule has 3 heterocycles. The number of benzene rings is 2. The molecule has 150 valence electrons. The summed E-state index contributed by atoms with van der Waals surface area (Å²) < 4.78 is 7.71. The van der Waals surface area contributed by atoms with E-state index in [-0.39, 0.29) is 11.9 Å². The Kier molecular flexibility index (Phi) is 4.72. The molecule has 6 heteroatoms. The SMILES string of the molecule is Cc1nc2ccccc2n1[C@@H]1CCN(C(=O)c2ccc(N3CCOCC3)cc2)C1. The van der Waals surface area contributed by atoms with E-state index in [0.717, 1.165) is 73.9 Å². The fourth-order valence-corrected chi connectivity index (χ4v) is 4.58. The van der Waals surface area contributed by atoms with Crippen molar-refractivity contribution in [2.24, 2.45) is 0 Å². The van der Waals surface area contributed by atoms with Crippen LogP contribution in [0.25, 0.3) is 11.0 Å². The number of rotatable bonds is 3. The standard InChI is InChI=1S/C23H26N4O2/c1-17-24-21-4-2-3-5-22(21)27(17)20-10-11-26(16-20)23(28)18-6-8-19(9-7-18)25-12-14-29-15-13-25/h2-9,20H,10-16H2,1H3/t20-/m1/s1. The first-order valence-electron chi connectivity index (χ1n) is 10.4. The van der Waals surface area contributed by atoms with Gasteiger partial charge in [0.15, 0.2) is 0 Å². The van der Waals surface area contributed by atoms with Crippen LogP contribution < -0.4 is 4.90 Å². The molecule has 1 aromatic heterocycles. The Balaban J connectivity index is 1.31. The fraction of sp³-hybridized carbons (Fsp3) is 0.391. The number of fused-ring (bicyclic) bond motifs is 1. The van der Waals surface area contributed by atoms with Gasteiger partial charge in [-0.15, -0.1) is 0 Å². The summed E-state index contributed by atoms with van der Waals surface area (Å²) in [7, 11) is 0. The monoisotopic (exact) mass is 390 g/mol. The van der Waals surface area contributed by atoms with Crippen LogP contribution in [0.3, 0.4) is 0 Å². The van der Waals surface area contributed by atoms with Gasteiger partial charge in [0.2, 0.25) is 0 Å². The number of hydrogen-bond donors (Lipinski definition) is 0. The quantitative estimate of drug-likeness (QED) is 0.689. The van der Waals surface area contributed by atoms with Crippen molar-refractivity contribution in [1.29, 1.82) is 0 Å². The number of morpholine rings is 1. The van der Waals surface area contributed by atoms with E-state index in [1.54, 1.807) is 0 Å². The van der Waals surface area contributed by atoms with Crippen LogP contribution in [0, 0.1) is 6.92 Å². The lowest BCUT2D eigenvalue weighted by Gasteiger charge is -2.29. The van der Waals surface area contributed by atoms with Crippen LogP contribution in [0.4, 0.5) is 5.69 Å². The Labute approximate surface area is 170 Å². The maximum atomic E-state index is 13.1. The third-order valence-corrected chi connectivity index (χ3v) is 6.08. The number of amides is 1. The second kappa shape index (κ2) is 7.52. The summed E-state index contributed by atoms with van der Waals surface area (Å²) >= 11 is 0. The molecule has 1 amide bonds. The molecule has 0 unspecified atom stereocenters. The number of anilines is 1. The van der Waals surface area contributed by atoms with Crippen LogP contribution in [0.1, 0.15) is 28.6 Å². The Morgan fingerprint density at radius 2 is 1.79 bits per heavy atom. The van der Waals surface area contributed by atoms with Crippen molar-refractivity contribution in [3.8, 4) is 0 Å². The Hall–Kier alpha value is -2.86. The highest BCUT2D eigenvalue weighted by molar-refractivity contribution is 5.94. The van der Waals surface area contributed by atoms with Gasteiger partial charge in [0.1, 0.15) is 5.82 Å². The smallest absolute Gasteiger partial charge is 0.253 e. The number of aryl methyl sites for hydroxylation is 1. The summed E-state index contributed by atoms with van der Waals surface area (Å²) in [6.07, 6.45) is 0.957. The molecule has 0 N–H and O–H groups in total. The molecule has 0 radical (unpaired) electrons. The summed E-state index contributed by atoms with van der Waals surface area (Å²) in [5.74, 6) is 1.13. The normalized spacial score (nSPS) is 19.8. The van der Waals surface area contributed by atoms with Crippen molar-refractivity contribution in [2.75, 3.05) is 44.3 Å². The molecule has 2 saturated heterocycles. The molecule has 29 heavy (non-hydrogen) atoms. The third kappa shape index (κ3) is 3.38. The summed E-state index contributed by atoms with van der Waals surface area (Å²) in [6.45, 7) is 6.88. The number of carbonyl (C=O) groups is 1. The van der Waals surface area contributed by atoms with E-state index < -0.39 is 0 Å². The summed E-state index contributed by atoms with van der Waals surface area (Å²) in [4.78, 5) is 22.0. The Morgan fingerprint density at radius 3 is 2.59 bits per heavy atom. The zero-order valence-corrected chi connectivity index (χ0v) is 16.8. The van der Waals surface area contributed by atoms with Gasteiger partial charge in [0, 0.05) is 37.4 Å². The van der Waals surface area contributed by atoms with Crippen molar-refractivity contribution in [3.63, 3.8) is 0 Å². The lowest BCUT2D eigenvalue weighted by molar-refractivity contribution is 0.0787. The summed E-state index contributed by atoms with van der Waals surface area (Å²) in [6, 6.07) is 16.5. The van der Waals surface area contributed by atoms with Crippen LogP contribution in [0.5, 0.6) is 0 Å². The van der Waals surface area contributed by atoms with Gasteiger partial charge in [-0.25, -0.2) is 4.98 Å². The average Bonchev–Trinajstić information content (AvgIpc) is 3.37. The summed E-state index contributed by atoms with van der Waals surface area (Å²) in [5.41, 5.74) is 4.09. The topological polar surface area (TPSA) is 50.6 Å². The molecule has 2 aliphatic rings. The molecule has 5 rings (SSSR count). The molecule has 2 aliphatic heterocycles. The second-order valence-electron chi connectivity index (χ2n) is 7.86. The van der Waals surface area contributed by atoms with Crippen molar-refractivity contribution in [3.05, 3.63) is 59.9 Å². The van der Waals surface area contributed by atoms with Gasteiger partial charge < -0.3 is 19.1 Å². The lowest BCUT2D eigenvalue weighted by atomic mass is 10.1. The van der Waals surface area contributed by atoms with Gasteiger partial charge in [-0.3, -0.25) is 4.79 Å². The minimum absolute atomic E-state index is 0.114. The molecule has 0 saturated carbocycles. The molecule has 1 atom stereocenters. The van der Waals surface area contributed by atoms with Crippen LogP contribution in [0.2, 0.25) is 0 Å². The predicted octanol–water partition coefficient (Wildman–Crippen LogP) is 3.27. The largest absolute Gasteiger partial charge is 0.378 e. The predicted molar refractivity (Wildman–Crippen MR) is 114 cm³/mol. The van der Waals surface area contributed by atoms with Crippen LogP contribution in [-0.4, -0.2) is 59.8 Å². The Morgan fingerprint density at radius 1 is 1.03 bits per heavy atom. The van der Waals surface area contributed by atoms with Gasteiger partial charge in [-0.1, -0.05) is 12.1 Å². The highest BCUT2D eigenvalue weighted by Gasteiger charge is 2.30. The molecule has 0 spiro atoms. The zero-order valence-electron chi connectivity index (χ0n) is 16.8. The minimum Gasteiger partial charge on any atom is -0.378 e. The fourth-order valence-electron chi connectivity index (χ4n) is 4.58. The van der Waals surface area contributed by atoms with Crippen molar-refractivity contribution in [2.45, 2.75) is 19.4 Å². The van der Waals surface area contributed by atoms with Crippen molar-refractivity contribution in [1.82, 2.24) is 14.5 Å². The van der Waals surface area contributed by atoms with E-state index in [4.69, 9.17) is 4.74 Å². The first kappa shape index (κ1) is 18.2. The van der Waals surface area contributed by atoms with E-state index in [0.29, 0.717) is 0 Å². The van der Waals surface area contributed by atoms with Crippen molar-refractivity contribution < 1.29 is 9.53 Å². The van der Waals surface area contributed by atoms with Gasteiger partial charge in [0.25, 0.3) is 5.91 Å². The summed E-state index contributed by atoms with van der Waals surface area (Å²) in [5, 5.41) is 0. The van der Waals surface area contributed by atoms with Gasteiger partial charge in [0.05, 0.1) is 30.3 Å². The van der Waals surface area contributed by atoms with E-state index in [2.05, 4.69) is 39.6 Å². The van der Waals surface area contributed by atoms with Crippen LogP contribution >= 0.6 is 0 Å². The van der Waals surface area contributed by atoms with Crippen molar-refractivity contribution >= 4 is 22.6 Å². The lowest BCUT2D eigenvalue weighted by Crippen LogP contribution is -2.36. The number of nitrogens with zero attached hydrogens (tertiary/aromatic N) is 4. The molecule has 6 nitrogen and oxygen atoms in total. The molecule has 2 aromatic carbocycles. The number of carbonyl (C=O) groups excluding carboxylic acids is 1. The second-order valence-corrected chi connectivity index (χ2v) is 7.86. The number of imidazole rings is 1. The minimum atomic E-state index is 0.114. The Bertz CT molecular complexity index is 1020. The maximum Gasteiger partial charge on any atom is 0.253 e. The number of ether oxygens (including phenoxy) is 1. The first-order valence-corrected chi connectivity index (χ1v) is 10.4. The molecule has 0 bridgehead atoms. The highest BCUT2D eigenvalue weighted by Crippen LogP contribution is 2.29. The van der Waals surface area contributed by atoms with E-state index in [9.17, 15) is 4.79 Å². The van der Waals surface area contributed by atoms with Crippen LogP contribution in [0.15, 0.2) is 48.5 Å². The molecule has 2 fully saturated rings. The maximum absolute atomic E-state index is 13.1. The number of aromatic nitrogens is 2. The number of likely N-dealkylation sites (tertiary alicyclic amines) is 1. The van der Waals surface area contributed by atoms with Gasteiger partial charge in [-0.2, -0.15) is 0 Å². The average molecular weight is 390 g/mol. The van der Waals surface area contributed by atoms with E-state index in [1.165, 1.54) is 0 Å². The first-order chi connectivity index (χ1) is 14.2.